The Labute approximate surface area is 300 Å². The number of Topliss-reactive ketones (excluding diaryl/α,β-unsaturated/α-hetero) is 1. The molecule has 4 rings (SSSR count). The summed E-state index contributed by atoms with van der Waals surface area (Å²) in [6, 6.07) is 24.3. The number of ketones is 1. The van der Waals surface area contributed by atoms with E-state index in [4.69, 9.17) is 23.7 Å². The van der Waals surface area contributed by atoms with Crippen LogP contribution < -0.4 is 5.32 Å². The fourth-order valence-corrected chi connectivity index (χ4v) is 7.22. The summed E-state index contributed by atoms with van der Waals surface area (Å²) in [5, 5.41) is 2.72. The van der Waals surface area contributed by atoms with Crippen LogP contribution in [0.25, 0.3) is 11.1 Å². The fraction of sp³-hybridized carbons (Fsp3) is 0.368. The van der Waals surface area contributed by atoms with Crippen LogP contribution in [0.15, 0.2) is 89.8 Å². The zero-order chi connectivity index (χ0) is 37.1. The van der Waals surface area contributed by atoms with Crippen molar-refractivity contribution < 1.29 is 52.5 Å². The molecule has 51 heavy (non-hydrogen) atoms. The highest BCUT2D eigenvalue weighted by molar-refractivity contribution is 8.01. The number of benzene rings is 3. The molecule has 1 fully saturated rings. The van der Waals surface area contributed by atoms with E-state index >= 15 is 0 Å². The molecule has 1 aliphatic rings. The molecule has 6 atom stereocenters. The molecule has 13 heteroatoms. The molecule has 0 aromatic heterocycles. The number of carbonyl (C=O) groups is 6. The molecule has 1 unspecified atom stereocenters. The smallest absolute Gasteiger partial charge is 0.349 e. The summed E-state index contributed by atoms with van der Waals surface area (Å²) in [6.45, 7) is 4.68. The van der Waals surface area contributed by atoms with E-state index in [1.165, 1.54) is 13.8 Å². The Morgan fingerprint density at radius 1 is 0.804 bits per heavy atom. The fourth-order valence-electron chi connectivity index (χ4n) is 5.97. The molecule has 1 N–H and O–H groups in total. The number of nitrogens with one attached hydrogen (secondary N) is 1. The van der Waals surface area contributed by atoms with Crippen LogP contribution in [-0.4, -0.2) is 78.1 Å². The Balaban J connectivity index is 1.74. The normalized spacial score (nSPS) is 20.9. The molecule has 1 heterocycles. The number of esters is 4. The van der Waals surface area contributed by atoms with E-state index in [9.17, 15) is 28.8 Å². The highest BCUT2D eigenvalue weighted by atomic mass is 32.2. The monoisotopic (exact) mass is 719 g/mol. The summed E-state index contributed by atoms with van der Waals surface area (Å²) in [7, 11) is 1.16. The van der Waals surface area contributed by atoms with Gasteiger partial charge in [-0.3, -0.25) is 24.0 Å². The molecule has 0 spiro atoms. The topological polar surface area (TPSA) is 161 Å². The van der Waals surface area contributed by atoms with Crippen LogP contribution in [0, 0.1) is 0 Å². The molecule has 3 aromatic carbocycles. The molecule has 1 saturated heterocycles. The maximum atomic E-state index is 13.6. The van der Waals surface area contributed by atoms with Crippen molar-refractivity contribution in [2.75, 3.05) is 7.11 Å². The minimum atomic E-state index is -1.90. The van der Waals surface area contributed by atoms with Crippen LogP contribution in [0.2, 0.25) is 0 Å². The molecular formula is C38H41NO11S. The number of amides is 1. The lowest BCUT2D eigenvalue weighted by Crippen LogP contribution is -2.67. The molecule has 1 aliphatic heterocycles. The number of hydrogen-bond acceptors (Lipinski definition) is 12. The molecule has 0 saturated carbocycles. The van der Waals surface area contributed by atoms with Gasteiger partial charge in [0, 0.05) is 51.0 Å². The summed E-state index contributed by atoms with van der Waals surface area (Å²) >= 11 is 0.974. The first kappa shape index (κ1) is 38.8. The van der Waals surface area contributed by atoms with Crippen molar-refractivity contribution >= 4 is 47.3 Å². The minimum Gasteiger partial charge on any atom is -0.466 e. The van der Waals surface area contributed by atoms with Gasteiger partial charge in [-0.15, -0.1) is 0 Å². The van der Waals surface area contributed by atoms with Gasteiger partial charge in [0.15, 0.2) is 11.9 Å². The Morgan fingerprint density at radius 2 is 1.39 bits per heavy atom. The zero-order valence-corrected chi connectivity index (χ0v) is 29.8. The van der Waals surface area contributed by atoms with Crippen LogP contribution in [0.1, 0.15) is 57.3 Å². The first-order valence-corrected chi connectivity index (χ1v) is 17.1. The molecule has 1 amide bonds. The van der Waals surface area contributed by atoms with Gasteiger partial charge in [0.05, 0.1) is 13.2 Å². The summed E-state index contributed by atoms with van der Waals surface area (Å²) in [5.74, 6) is -3.95. The van der Waals surface area contributed by atoms with E-state index in [2.05, 4.69) is 5.32 Å². The minimum absolute atomic E-state index is 0.140. The van der Waals surface area contributed by atoms with Gasteiger partial charge in [0.2, 0.25) is 10.8 Å². The Morgan fingerprint density at radius 3 is 1.94 bits per heavy atom. The van der Waals surface area contributed by atoms with Crippen molar-refractivity contribution in [2.24, 2.45) is 0 Å². The van der Waals surface area contributed by atoms with Gasteiger partial charge in [-0.1, -0.05) is 84.6 Å². The molecule has 0 radical (unpaired) electrons. The van der Waals surface area contributed by atoms with E-state index < -0.39 is 65.2 Å². The summed E-state index contributed by atoms with van der Waals surface area (Å²) in [6.07, 6.45) is -6.05. The van der Waals surface area contributed by atoms with E-state index in [-0.39, 0.29) is 25.0 Å². The predicted octanol–water partition coefficient (Wildman–Crippen LogP) is 5.07. The van der Waals surface area contributed by atoms with Crippen LogP contribution in [0.3, 0.4) is 0 Å². The molecule has 12 nitrogen and oxygen atoms in total. The van der Waals surface area contributed by atoms with E-state index in [0.717, 1.165) is 43.8 Å². The number of methoxy groups -OCH3 is 1. The second-order valence-corrected chi connectivity index (χ2v) is 13.3. The second-order valence-electron chi connectivity index (χ2n) is 11.9. The average molecular weight is 720 g/mol. The largest absolute Gasteiger partial charge is 0.466 e. The number of thioether (sulfide) groups is 1. The number of carbonyl (C=O) groups excluding carboxylic acids is 6. The first-order valence-electron chi connectivity index (χ1n) is 16.3. The van der Waals surface area contributed by atoms with Crippen LogP contribution >= 0.6 is 11.8 Å². The maximum absolute atomic E-state index is 13.6. The van der Waals surface area contributed by atoms with Crippen LogP contribution in [-0.2, 0) is 47.7 Å². The third-order valence-electron chi connectivity index (χ3n) is 8.04. The first-order chi connectivity index (χ1) is 24.3. The quantitative estimate of drug-likeness (QED) is 0.134. The second kappa shape index (κ2) is 17.8. The molecular weight excluding hydrogens is 678 g/mol. The van der Waals surface area contributed by atoms with Crippen molar-refractivity contribution in [1.29, 1.82) is 0 Å². The van der Waals surface area contributed by atoms with Gasteiger partial charge in [-0.25, -0.2) is 4.79 Å². The Bertz CT molecular complexity index is 1700. The number of rotatable bonds is 14. The average Bonchev–Trinajstić information content (AvgIpc) is 3.10. The third kappa shape index (κ3) is 10.5. The van der Waals surface area contributed by atoms with Crippen molar-refractivity contribution in [1.82, 2.24) is 5.32 Å². The van der Waals surface area contributed by atoms with Gasteiger partial charge >= 0.3 is 23.9 Å². The number of hydrogen-bond donors (Lipinski definition) is 1. The van der Waals surface area contributed by atoms with Crippen molar-refractivity contribution in [3.8, 4) is 11.1 Å². The number of ether oxygens (including phenoxy) is 5. The Kier molecular flexibility index (Phi) is 13.5. The maximum Gasteiger partial charge on any atom is 0.349 e. The highest BCUT2D eigenvalue weighted by Gasteiger charge is 2.58. The van der Waals surface area contributed by atoms with E-state index in [1.807, 2.05) is 42.5 Å². The van der Waals surface area contributed by atoms with Gasteiger partial charge in [-0.2, -0.15) is 0 Å². The molecule has 270 valence electrons. The zero-order valence-electron chi connectivity index (χ0n) is 29.0. The van der Waals surface area contributed by atoms with Gasteiger partial charge in [0.1, 0.15) is 18.3 Å². The standard InChI is InChI=1S/C38H41NO11S/c1-23(40)39-34-33(48-25(3)42)22-38(37(45)46-5,51-30-14-10-7-11-15-30)50-36(34)35(49-26(4)43)32(47-24(2)41)21-20-31(44)29-18-16-28(17-19-29)27-12-8-6-9-13-27/h6-19,32-36H,20-22H2,1-5H3,(H,39,40)/t32-,33-,34+,35-,36?,38-/m1/s1. The summed E-state index contributed by atoms with van der Waals surface area (Å²) < 4.78 is 28.9. The molecule has 0 bridgehead atoms. The van der Waals surface area contributed by atoms with Gasteiger partial charge in [-0.05, 0) is 29.7 Å². The lowest BCUT2D eigenvalue weighted by molar-refractivity contribution is -0.221. The van der Waals surface area contributed by atoms with E-state index in [0.29, 0.717) is 10.5 Å². The SMILES string of the molecule is COC(=O)[C@]1(Sc2ccccc2)C[C@@H](OC(C)=O)[C@H](NC(C)=O)C([C@H](OC(C)=O)[C@@H](CCC(=O)c2ccc(-c3ccccc3)cc2)OC(C)=O)O1. The molecule has 3 aromatic rings. The van der Waals surface area contributed by atoms with E-state index in [1.54, 1.807) is 42.5 Å². The van der Waals surface area contributed by atoms with Crippen LogP contribution in [0.4, 0.5) is 0 Å². The molecule has 0 aliphatic carbocycles. The summed E-state index contributed by atoms with van der Waals surface area (Å²) in [5.41, 5.74) is 2.31. The third-order valence-corrected chi connectivity index (χ3v) is 9.31. The van der Waals surface area contributed by atoms with Crippen molar-refractivity contribution in [3.63, 3.8) is 0 Å². The lowest BCUT2D eigenvalue weighted by Gasteiger charge is -2.48. The predicted molar refractivity (Wildman–Crippen MR) is 186 cm³/mol. The summed E-state index contributed by atoms with van der Waals surface area (Å²) in [4.78, 5) is 75.9. The Hall–Kier alpha value is -5.01. The van der Waals surface area contributed by atoms with Crippen molar-refractivity contribution in [2.45, 2.75) is 87.2 Å². The highest BCUT2D eigenvalue weighted by Crippen LogP contribution is 2.46. The lowest BCUT2D eigenvalue weighted by atomic mass is 9.87. The van der Waals surface area contributed by atoms with Crippen molar-refractivity contribution in [3.05, 3.63) is 90.5 Å². The van der Waals surface area contributed by atoms with Crippen LogP contribution in [0.5, 0.6) is 0 Å². The van der Waals surface area contributed by atoms with Gasteiger partial charge < -0.3 is 29.0 Å². The van der Waals surface area contributed by atoms with Gasteiger partial charge in [0.25, 0.3) is 0 Å².